The van der Waals surface area contributed by atoms with Crippen molar-refractivity contribution in [3.63, 3.8) is 0 Å². The van der Waals surface area contributed by atoms with E-state index in [-0.39, 0.29) is 5.56 Å². The second-order valence-electron chi connectivity index (χ2n) is 6.53. The summed E-state index contributed by atoms with van der Waals surface area (Å²) < 4.78 is 3.61. The lowest BCUT2D eigenvalue weighted by molar-refractivity contribution is 0.735. The number of aromatic nitrogens is 4. The Morgan fingerprint density at radius 2 is 1.96 bits per heavy atom. The van der Waals surface area contributed by atoms with Gasteiger partial charge in [-0.15, -0.1) is 11.3 Å². The van der Waals surface area contributed by atoms with Crippen LogP contribution in [0.5, 0.6) is 0 Å². The SMILES string of the molecule is Cc1cccn2cc(Cn3cnc4sc(-c5ccccc5)cc4c3=O)nc12. The molecule has 5 nitrogen and oxygen atoms in total. The second kappa shape index (κ2) is 6.17. The predicted molar refractivity (Wildman–Crippen MR) is 108 cm³/mol. The van der Waals surface area contributed by atoms with Gasteiger partial charge in [0.15, 0.2) is 0 Å². The molecule has 0 spiro atoms. The highest BCUT2D eigenvalue weighted by Crippen LogP contribution is 2.30. The number of imidazole rings is 1. The van der Waals surface area contributed by atoms with Gasteiger partial charge in [-0.2, -0.15) is 0 Å². The Bertz CT molecular complexity index is 1330. The maximum atomic E-state index is 13.0. The molecule has 5 rings (SSSR count). The number of pyridine rings is 1. The van der Waals surface area contributed by atoms with Crippen LogP contribution in [0.3, 0.4) is 0 Å². The van der Waals surface area contributed by atoms with Gasteiger partial charge < -0.3 is 4.40 Å². The molecule has 0 amide bonds. The van der Waals surface area contributed by atoms with E-state index >= 15 is 0 Å². The molecule has 0 saturated carbocycles. The van der Waals surface area contributed by atoms with Gasteiger partial charge in [0.2, 0.25) is 0 Å². The van der Waals surface area contributed by atoms with Crippen molar-refractivity contribution in [1.82, 2.24) is 18.9 Å². The van der Waals surface area contributed by atoms with Crippen LogP contribution in [-0.4, -0.2) is 18.9 Å². The molecule has 6 heteroatoms. The van der Waals surface area contributed by atoms with Crippen LogP contribution in [0.2, 0.25) is 0 Å². The van der Waals surface area contributed by atoms with Crippen LogP contribution in [0.15, 0.2) is 72.0 Å². The molecule has 0 fully saturated rings. The lowest BCUT2D eigenvalue weighted by Gasteiger charge is -2.01. The van der Waals surface area contributed by atoms with Crippen LogP contribution in [0.4, 0.5) is 0 Å². The number of rotatable bonds is 3. The monoisotopic (exact) mass is 372 g/mol. The van der Waals surface area contributed by atoms with E-state index in [9.17, 15) is 4.79 Å². The molecule has 4 heterocycles. The molecule has 1 aromatic carbocycles. The molecule has 0 unspecified atom stereocenters. The van der Waals surface area contributed by atoms with Gasteiger partial charge in [0.25, 0.3) is 5.56 Å². The first kappa shape index (κ1) is 16.0. The summed E-state index contributed by atoms with van der Waals surface area (Å²) in [6.45, 7) is 2.43. The van der Waals surface area contributed by atoms with E-state index in [2.05, 4.69) is 9.97 Å². The van der Waals surface area contributed by atoms with Crippen LogP contribution < -0.4 is 5.56 Å². The Hall–Kier alpha value is -3.25. The van der Waals surface area contributed by atoms with Crippen molar-refractivity contribution in [2.45, 2.75) is 13.5 Å². The number of fused-ring (bicyclic) bond motifs is 2. The van der Waals surface area contributed by atoms with E-state index in [1.807, 2.05) is 72.2 Å². The molecule has 0 aliphatic heterocycles. The Morgan fingerprint density at radius 1 is 1.11 bits per heavy atom. The quantitative estimate of drug-likeness (QED) is 0.478. The average Bonchev–Trinajstić information content (AvgIpc) is 3.30. The highest BCUT2D eigenvalue weighted by molar-refractivity contribution is 7.21. The number of aryl methyl sites for hydroxylation is 1. The summed E-state index contributed by atoms with van der Waals surface area (Å²) in [6.07, 6.45) is 5.54. The fourth-order valence-corrected chi connectivity index (χ4v) is 4.27. The Balaban J connectivity index is 1.56. The third-order valence-corrected chi connectivity index (χ3v) is 5.73. The summed E-state index contributed by atoms with van der Waals surface area (Å²) in [5.41, 5.74) is 3.92. The molecule has 0 radical (unpaired) electrons. The summed E-state index contributed by atoms with van der Waals surface area (Å²) in [6, 6.07) is 16.0. The lowest BCUT2D eigenvalue weighted by Crippen LogP contribution is -2.20. The molecule has 0 atom stereocenters. The first-order valence-electron chi connectivity index (χ1n) is 8.67. The van der Waals surface area contributed by atoms with Crippen molar-refractivity contribution >= 4 is 27.2 Å². The molecule has 0 aliphatic carbocycles. The van der Waals surface area contributed by atoms with E-state index in [1.54, 1.807) is 22.2 Å². The molecule has 4 aromatic heterocycles. The molecule has 0 saturated heterocycles. The summed E-state index contributed by atoms with van der Waals surface area (Å²) >= 11 is 1.54. The normalized spacial score (nSPS) is 11.4. The van der Waals surface area contributed by atoms with Gasteiger partial charge in [-0.3, -0.25) is 9.36 Å². The van der Waals surface area contributed by atoms with E-state index in [4.69, 9.17) is 0 Å². The van der Waals surface area contributed by atoms with Gasteiger partial charge >= 0.3 is 0 Å². The standard InChI is InChI=1S/C21H16N4OS/c1-14-6-5-9-24-11-16(23-19(14)24)12-25-13-22-20-17(21(25)26)10-18(27-20)15-7-3-2-4-8-15/h2-11,13H,12H2,1H3. The minimum atomic E-state index is -0.0350. The van der Waals surface area contributed by atoms with Crippen LogP contribution in [-0.2, 0) is 6.54 Å². The Morgan fingerprint density at radius 3 is 2.78 bits per heavy atom. The van der Waals surface area contributed by atoms with E-state index in [1.165, 1.54) is 0 Å². The zero-order valence-corrected chi connectivity index (χ0v) is 15.5. The second-order valence-corrected chi connectivity index (χ2v) is 7.56. The first-order chi connectivity index (χ1) is 13.2. The fraction of sp³-hybridized carbons (Fsp3) is 0.0952. The number of thiophene rings is 1. The smallest absolute Gasteiger partial charge is 0.262 e. The average molecular weight is 372 g/mol. The highest BCUT2D eigenvalue weighted by atomic mass is 32.1. The fourth-order valence-electron chi connectivity index (χ4n) is 3.27. The molecule has 0 bridgehead atoms. The molecular formula is C21H16N4OS. The third-order valence-electron chi connectivity index (χ3n) is 4.64. The summed E-state index contributed by atoms with van der Waals surface area (Å²) in [5, 5.41) is 0.654. The number of hydrogen-bond acceptors (Lipinski definition) is 4. The van der Waals surface area contributed by atoms with Gasteiger partial charge in [-0.1, -0.05) is 36.4 Å². The maximum Gasteiger partial charge on any atom is 0.262 e. The molecule has 132 valence electrons. The van der Waals surface area contributed by atoms with E-state index in [0.717, 1.165) is 32.2 Å². The van der Waals surface area contributed by atoms with Gasteiger partial charge in [0.1, 0.15) is 10.5 Å². The van der Waals surface area contributed by atoms with Crippen LogP contribution >= 0.6 is 11.3 Å². The lowest BCUT2D eigenvalue weighted by atomic mass is 10.2. The van der Waals surface area contributed by atoms with Gasteiger partial charge in [-0.05, 0) is 30.2 Å². The minimum Gasteiger partial charge on any atom is -0.307 e. The van der Waals surface area contributed by atoms with Crippen LogP contribution in [0.1, 0.15) is 11.3 Å². The Kier molecular flexibility index (Phi) is 3.65. The van der Waals surface area contributed by atoms with Gasteiger partial charge in [0.05, 0.1) is 24.0 Å². The van der Waals surface area contributed by atoms with Crippen molar-refractivity contribution in [2.75, 3.05) is 0 Å². The minimum absolute atomic E-state index is 0.0350. The van der Waals surface area contributed by atoms with E-state index in [0.29, 0.717) is 11.9 Å². The zero-order valence-electron chi connectivity index (χ0n) is 14.7. The Labute approximate surface area is 159 Å². The van der Waals surface area contributed by atoms with E-state index < -0.39 is 0 Å². The van der Waals surface area contributed by atoms with Crippen molar-refractivity contribution in [2.24, 2.45) is 0 Å². The molecular weight excluding hydrogens is 356 g/mol. The molecule has 5 aromatic rings. The van der Waals surface area contributed by atoms with Crippen LogP contribution in [0, 0.1) is 6.92 Å². The number of hydrogen-bond donors (Lipinski definition) is 0. The number of benzene rings is 1. The van der Waals surface area contributed by atoms with Crippen molar-refractivity contribution in [3.05, 3.63) is 88.9 Å². The number of nitrogens with zero attached hydrogens (tertiary/aromatic N) is 4. The summed E-state index contributed by atoms with van der Waals surface area (Å²) in [5.74, 6) is 0. The first-order valence-corrected chi connectivity index (χ1v) is 9.48. The molecule has 0 N–H and O–H groups in total. The van der Waals surface area contributed by atoms with Crippen molar-refractivity contribution in [3.8, 4) is 10.4 Å². The molecule has 27 heavy (non-hydrogen) atoms. The largest absolute Gasteiger partial charge is 0.307 e. The van der Waals surface area contributed by atoms with Crippen LogP contribution in [0.25, 0.3) is 26.3 Å². The zero-order chi connectivity index (χ0) is 18.4. The van der Waals surface area contributed by atoms with Crippen molar-refractivity contribution < 1.29 is 0 Å². The predicted octanol–water partition coefficient (Wildman–Crippen LogP) is 4.13. The van der Waals surface area contributed by atoms with Gasteiger partial charge in [-0.25, -0.2) is 9.97 Å². The summed E-state index contributed by atoms with van der Waals surface area (Å²) in [7, 11) is 0. The van der Waals surface area contributed by atoms with Crippen molar-refractivity contribution in [1.29, 1.82) is 0 Å². The maximum absolute atomic E-state index is 13.0. The summed E-state index contributed by atoms with van der Waals surface area (Å²) in [4.78, 5) is 23.9. The molecule has 0 aliphatic rings. The topological polar surface area (TPSA) is 52.2 Å². The highest BCUT2D eigenvalue weighted by Gasteiger charge is 2.12. The van der Waals surface area contributed by atoms with Gasteiger partial charge in [0, 0.05) is 17.3 Å². The third kappa shape index (κ3) is 2.74.